The monoisotopic (exact) mass is 423 g/mol. The highest BCUT2D eigenvalue weighted by Crippen LogP contribution is 2.28. The fourth-order valence-corrected chi connectivity index (χ4v) is 4.91. The molecule has 19 heavy (non-hydrogen) atoms. The first-order valence-electron chi connectivity index (χ1n) is 5.38. The van der Waals surface area contributed by atoms with Crippen LogP contribution in [-0.2, 0) is 16.6 Å². The maximum absolute atomic E-state index is 12.3. The molecule has 1 aromatic carbocycles. The standard InChI is InChI=1S/C12H11Br2NO2S2/c1-8-5-11(14)12(6-10(8)13)19(16,17)15-7-9-3-2-4-18-9/h2-6,15H,7H2,1H3. The Morgan fingerprint density at radius 3 is 2.63 bits per heavy atom. The third-order valence-electron chi connectivity index (χ3n) is 2.52. The van der Waals surface area contributed by atoms with E-state index in [2.05, 4.69) is 36.6 Å². The first-order valence-corrected chi connectivity index (χ1v) is 9.33. The number of thiophene rings is 1. The first kappa shape index (κ1) is 15.2. The normalized spacial score (nSPS) is 11.7. The van der Waals surface area contributed by atoms with Crippen molar-refractivity contribution < 1.29 is 8.42 Å². The molecule has 0 aliphatic heterocycles. The summed E-state index contributed by atoms with van der Waals surface area (Å²) in [6.45, 7) is 2.21. The van der Waals surface area contributed by atoms with E-state index >= 15 is 0 Å². The number of benzene rings is 1. The molecule has 0 saturated heterocycles. The summed E-state index contributed by atoms with van der Waals surface area (Å²) in [6.07, 6.45) is 0. The summed E-state index contributed by atoms with van der Waals surface area (Å²) in [5, 5.41) is 1.92. The number of aryl methyl sites for hydroxylation is 1. The average molecular weight is 425 g/mol. The van der Waals surface area contributed by atoms with Crippen LogP contribution in [0.15, 0.2) is 43.5 Å². The molecule has 0 unspecified atom stereocenters. The predicted molar refractivity (Wildman–Crippen MR) is 84.9 cm³/mol. The Kier molecular flexibility index (Phi) is 4.84. The minimum atomic E-state index is -3.53. The van der Waals surface area contributed by atoms with Gasteiger partial charge in [0, 0.05) is 20.4 Å². The smallest absolute Gasteiger partial charge is 0.207 e. The molecule has 2 aromatic rings. The van der Waals surface area contributed by atoms with Crippen molar-refractivity contribution in [2.75, 3.05) is 0 Å². The van der Waals surface area contributed by atoms with Crippen LogP contribution in [-0.4, -0.2) is 8.42 Å². The molecule has 0 radical (unpaired) electrons. The van der Waals surface area contributed by atoms with Gasteiger partial charge in [0.2, 0.25) is 10.0 Å². The van der Waals surface area contributed by atoms with Crippen molar-refractivity contribution in [2.24, 2.45) is 0 Å². The van der Waals surface area contributed by atoms with Crippen LogP contribution in [0.3, 0.4) is 0 Å². The van der Waals surface area contributed by atoms with Gasteiger partial charge in [-0.2, -0.15) is 0 Å². The summed E-state index contributed by atoms with van der Waals surface area (Å²) < 4.78 is 28.4. The van der Waals surface area contributed by atoms with Crippen LogP contribution < -0.4 is 4.72 Å². The van der Waals surface area contributed by atoms with Gasteiger partial charge in [-0.3, -0.25) is 0 Å². The molecule has 0 spiro atoms. The summed E-state index contributed by atoms with van der Waals surface area (Å²) >= 11 is 8.17. The van der Waals surface area contributed by atoms with Gasteiger partial charge in [-0.15, -0.1) is 11.3 Å². The van der Waals surface area contributed by atoms with E-state index in [4.69, 9.17) is 0 Å². The van der Waals surface area contributed by atoms with Gasteiger partial charge in [-0.05, 0) is 52.0 Å². The number of hydrogen-bond donors (Lipinski definition) is 1. The van der Waals surface area contributed by atoms with E-state index in [0.717, 1.165) is 14.9 Å². The van der Waals surface area contributed by atoms with Gasteiger partial charge < -0.3 is 0 Å². The van der Waals surface area contributed by atoms with E-state index in [-0.39, 0.29) is 4.90 Å². The van der Waals surface area contributed by atoms with E-state index in [1.807, 2.05) is 24.4 Å². The summed E-state index contributed by atoms with van der Waals surface area (Å²) in [4.78, 5) is 1.22. The maximum atomic E-state index is 12.3. The molecule has 1 N–H and O–H groups in total. The molecule has 1 aromatic heterocycles. The Labute approximate surface area is 133 Å². The van der Waals surface area contributed by atoms with Crippen molar-refractivity contribution >= 4 is 53.2 Å². The quantitative estimate of drug-likeness (QED) is 0.804. The molecule has 0 aliphatic rings. The SMILES string of the molecule is Cc1cc(Br)c(S(=O)(=O)NCc2cccs2)cc1Br. The summed E-state index contributed by atoms with van der Waals surface area (Å²) in [5.41, 5.74) is 0.976. The van der Waals surface area contributed by atoms with E-state index < -0.39 is 10.0 Å². The van der Waals surface area contributed by atoms with Crippen molar-refractivity contribution in [3.05, 3.63) is 49.0 Å². The Bertz CT molecular complexity index is 682. The van der Waals surface area contributed by atoms with Crippen LogP contribution in [0.5, 0.6) is 0 Å². The number of rotatable bonds is 4. The molecular formula is C12H11Br2NO2S2. The van der Waals surface area contributed by atoms with Crippen molar-refractivity contribution in [1.82, 2.24) is 4.72 Å². The molecule has 0 atom stereocenters. The fourth-order valence-electron chi connectivity index (χ4n) is 1.49. The second-order valence-corrected chi connectivity index (χ2v) is 8.41. The van der Waals surface area contributed by atoms with Crippen LogP contribution in [0.1, 0.15) is 10.4 Å². The fraction of sp³-hybridized carbons (Fsp3) is 0.167. The minimum absolute atomic E-state index is 0.238. The molecule has 2 rings (SSSR count). The Morgan fingerprint density at radius 1 is 1.26 bits per heavy atom. The van der Waals surface area contributed by atoms with E-state index in [0.29, 0.717) is 11.0 Å². The lowest BCUT2D eigenvalue weighted by molar-refractivity contribution is 0.581. The highest BCUT2D eigenvalue weighted by atomic mass is 79.9. The zero-order chi connectivity index (χ0) is 14.0. The molecule has 0 saturated carbocycles. The van der Waals surface area contributed by atoms with E-state index in [9.17, 15) is 8.42 Å². The molecule has 0 fully saturated rings. The first-order chi connectivity index (χ1) is 8.90. The molecular weight excluding hydrogens is 414 g/mol. The van der Waals surface area contributed by atoms with E-state index in [1.165, 1.54) is 11.3 Å². The summed E-state index contributed by atoms with van der Waals surface area (Å²) in [6, 6.07) is 7.18. The third-order valence-corrected chi connectivity index (χ3v) is 6.61. The van der Waals surface area contributed by atoms with Crippen LogP contribution in [0.25, 0.3) is 0 Å². The molecule has 7 heteroatoms. The number of halogens is 2. The lowest BCUT2D eigenvalue weighted by Gasteiger charge is -2.09. The van der Waals surface area contributed by atoms with Crippen molar-refractivity contribution in [1.29, 1.82) is 0 Å². The van der Waals surface area contributed by atoms with Crippen LogP contribution >= 0.6 is 43.2 Å². The topological polar surface area (TPSA) is 46.2 Å². The number of sulfonamides is 1. The second kappa shape index (κ2) is 6.05. The van der Waals surface area contributed by atoms with Crippen molar-refractivity contribution in [2.45, 2.75) is 18.4 Å². The molecule has 3 nitrogen and oxygen atoms in total. The van der Waals surface area contributed by atoms with Gasteiger partial charge in [0.15, 0.2) is 0 Å². The largest absolute Gasteiger partial charge is 0.242 e. The number of hydrogen-bond acceptors (Lipinski definition) is 3. The second-order valence-electron chi connectivity index (χ2n) is 3.94. The van der Waals surface area contributed by atoms with Crippen LogP contribution in [0, 0.1) is 6.92 Å². The third kappa shape index (κ3) is 3.66. The van der Waals surface area contributed by atoms with Gasteiger partial charge in [0.05, 0.1) is 4.90 Å². The molecule has 0 amide bonds. The van der Waals surface area contributed by atoms with Gasteiger partial charge >= 0.3 is 0 Å². The zero-order valence-electron chi connectivity index (χ0n) is 9.98. The Balaban J connectivity index is 2.27. The van der Waals surface area contributed by atoms with Gasteiger partial charge in [0.1, 0.15) is 0 Å². The lowest BCUT2D eigenvalue weighted by Crippen LogP contribution is -2.23. The Hall–Kier alpha value is -0.210. The van der Waals surface area contributed by atoms with Crippen LogP contribution in [0.2, 0.25) is 0 Å². The molecule has 102 valence electrons. The van der Waals surface area contributed by atoms with Crippen LogP contribution in [0.4, 0.5) is 0 Å². The maximum Gasteiger partial charge on any atom is 0.242 e. The zero-order valence-corrected chi connectivity index (χ0v) is 14.8. The average Bonchev–Trinajstić information content (AvgIpc) is 2.84. The summed E-state index contributed by atoms with van der Waals surface area (Å²) in [5.74, 6) is 0. The van der Waals surface area contributed by atoms with Gasteiger partial charge in [0.25, 0.3) is 0 Å². The van der Waals surface area contributed by atoms with Crippen molar-refractivity contribution in [3.8, 4) is 0 Å². The van der Waals surface area contributed by atoms with Gasteiger partial charge in [-0.25, -0.2) is 13.1 Å². The minimum Gasteiger partial charge on any atom is -0.207 e. The van der Waals surface area contributed by atoms with Crippen molar-refractivity contribution in [3.63, 3.8) is 0 Å². The van der Waals surface area contributed by atoms with E-state index in [1.54, 1.807) is 12.1 Å². The predicted octanol–water partition coefficient (Wildman–Crippen LogP) is 4.06. The highest BCUT2D eigenvalue weighted by molar-refractivity contribution is 9.11. The summed E-state index contributed by atoms with van der Waals surface area (Å²) in [7, 11) is -3.53. The molecule has 0 bridgehead atoms. The number of nitrogens with one attached hydrogen (secondary N) is 1. The molecule has 0 aliphatic carbocycles. The Morgan fingerprint density at radius 2 is 2.00 bits per heavy atom. The molecule has 1 heterocycles. The van der Waals surface area contributed by atoms with Gasteiger partial charge in [-0.1, -0.05) is 22.0 Å². The highest BCUT2D eigenvalue weighted by Gasteiger charge is 2.18. The lowest BCUT2D eigenvalue weighted by atomic mass is 10.2.